The van der Waals surface area contributed by atoms with E-state index in [2.05, 4.69) is 26.0 Å². The van der Waals surface area contributed by atoms with Gasteiger partial charge in [-0.2, -0.15) is 0 Å². The molecule has 0 aliphatic rings. The van der Waals surface area contributed by atoms with Crippen LogP contribution in [0.2, 0.25) is 0 Å². The number of rotatable bonds is 4. The van der Waals surface area contributed by atoms with E-state index in [4.69, 9.17) is 4.74 Å². The molecule has 25 heavy (non-hydrogen) atoms. The molecule has 0 fully saturated rings. The molecular formula is C20H16N4O. The first-order chi connectivity index (χ1) is 12.3. The van der Waals surface area contributed by atoms with Gasteiger partial charge in [0.05, 0.1) is 18.2 Å². The summed E-state index contributed by atoms with van der Waals surface area (Å²) in [5.41, 5.74) is 4.65. The summed E-state index contributed by atoms with van der Waals surface area (Å²) in [5, 5.41) is 0. The van der Waals surface area contributed by atoms with Gasteiger partial charge in [-0.15, -0.1) is 0 Å². The predicted molar refractivity (Wildman–Crippen MR) is 99.0 cm³/mol. The van der Waals surface area contributed by atoms with E-state index in [1.807, 2.05) is 48.5 Å². The van der Waals surface area contributed by atoms with E-state index in [0.717, 1.165) is 33.8 Å². The van der Waals surface area contributed by atoms with Crippen LogP contribution < -0.4 is 4.74 Å². The third-order valence-electron chi connectivity index (χ3n) is 3.91. The number of aromatic nitrogens is 4. The molecule has 4 aromatic rings. The molecule has 0 bridgehead atoms. The lowest BCUT2D eigenvalue weighted by Gasteiger charge is -2.07. The van der Waals surface area contributed by atoms with E-state index in [1.54, 1.807) is 25.7 Å². The Hall–Kier alpha value is -3.47. The average Bonchev–Trinajstić information content (AvgIpc) is 3.11. The fourth-order valence-corrected chi connectivity index (χ4v) is 2.65. The molecule has 4 rings (SSSR count). The Morgan fingerprint density at radius 1 is 0.960 bits per heavy atom. The minimum absolute atomic E-state index is 0.692. The summed E-state index contributed by atoms with van der Waals surface area (Å²) >= 11 is 0. The summed E-state index contributed by atoms with van der Waals surface area (Å²) in [6.07, 6.45) is 9.39. The number of pyridine rings is 2. The normalized spacial score (nSPS) is 11.2. The molecule has 0 saturated carbocycles. The van der Waals surface area contributed by atoms with Crippen molar-refractivity contribution in [2.75, 3.05) is 7.11 Å². The molecule has 0 spiro atoms. The minimum Gasteiger partial charge on any atom is -0.496 e. The van der Waals surface area contributed by atoms with Gasteiger partial charge in [-0.1, -0.05) is 18.2 Å². The Labute approximate surface area is 145 Å². The molecule has 5 heteroatoms. The topological polar surface area (TPSA) is 63.7 Å². The number of hydrogen-bond acceptors (Lipinski definition) is 4. The van der Waals surface area contributed by atoms with E-state index >= 15 is 0 Å². The maximum absolute atomic E-state index is 5.50. The first-order valence-corrected chi connectivity index (χ1v) is 7.91. The molecule has 0 atom stereocenters. The van der Waals surface area contributed by atoms with Gasteiger partial charge in [-0.25, -0.2) is 9.97 Å². The third kappa shape index (κ3) is 3.12. The number of H-pyrrole nitrogens is 1. The molecule has 5 nitrogen and oxygen atoms in total. The number of ether oxygens (including phenoxy) is 1. The van der Waals surface area contributed by atoms with Crippen molar-refractivity contribution in [1.82, 2.24) is 19.9 Å². The molecule has 3 heterocycles. The highest BCUT2D eigenvalue weighted by Gasteiger charge is 2.11. The molecule has 0 unspecified atom stereocenters. The quantitative estimate of drug-likeness (QED) is 0.610. The Balaban J connectivity index is 1.74. The molecule has 0 amide bonds. The van der Waals surface area contributed by atoms with Gasteiger partial charge in [0.25, 0.3) is 0 Å². The molecule has 1 aromatic carbocycles. The maximum Gasteiger partial charge on any atom is 0.178 e. The summed E-state index contributed by atoms with van der Waals surface area (Å²) in [6, 6.07) is 13.8. The lowest BCUT2D eigenvalue weighted by molar-refractivity contribution is 0.416. The van der Waals surface area contributed by atoms with Crippen molar-refractivity contribution in [3.63, 3.8) is 0 Å². The van der Waals surface area contributed by atoms with Crippen molar-refractivity contribution in [2.24, 2.45) is 0 Å². The summed E-state index contributed by atoms with van der Waals surface area (Å²) in [7, 11) is 1.66. The molecule has 0 aliphatic carbocycles. The van der Waals surface area contributed by atoms with E-state index < -0.39 is 0 Å². The molecule has 0 saturated heterocycles. The zero-order chi connectivity index (χ0) is 17.1. The largest absolute Gasteiger partial charge is 0.496 e. The monoisotopic (exact) mass is 328 g/mol. The van der Waals surface area contributed by atoms with Gasteiger partial charge in [0.15, 0.2) is 5.65 Å². The second-order valence-corrected chi connectivity index (χ2v) is 5.53. The fraction of sp³-hybridized carbons (Fsp3) is 0.0500. The van der Waals surface area contributed by atoms with Crippen LogP contribution in [0.3, 0.4) is 0 Å². The summed E-state index contributed by atoms with van der Waals surface area (Å²) in [6.45, 7) is 0. The van der Waals surface area contributed by atoms with Gasteiger partial charge in [0.2, 0.25) is 0 Å². The number of aromatic amines is 1. The highest BCUT2D eigenvalue weighted by atomic mass is 16.5. The molecule has 0 aliphatic heterocycles. The van der Waals surface area contributed by atoms with Gasteiger partial charge in [0, 0.05) is 18.6 Å². The third-order valence-corrected chi connectivity index (χ3v) is 3.91. The van der Waals surface area contributed by atoms with Crippen LogP contribution in [0.5, 0.6) is 5.75 Å². The van der Waals surface area contributed by atoms with Crippen molar-refractivity contribution in [1.29, 1.82) is 0 Å². The summed E-state index contributed by atoms with van der Waals surface area (Å²) in [4.78, 5) is 16.2. The van der Waals surface area contributed by atoms with E-state index in [-0.39, 0.29) is 0 Å². The molecule has 122 valence electrons. The van der Waals surface area contributed by atoms with E-state index in [9.17, 15) is 0 Å². The SMILES string of the molecule is COc1ccc(/C=C/c2ccncc2)cc1-c1nc2ncccc2[nH]1. The first kappa shape index (κ1) is 15.1. The number of imidazole rings is 1. The van der Waals surface area contributed by atoms with Crippen molar-refractivity contribution < 1.29 is 4.74 Å². The van der Waals surface area contributed by atoms with Crippen LogP contribution in [0.4, 0.5) is 0 Å². The highest BCUT2D eigenvalue weighted by Crippen LogP contribution is 2.30. The Bertz CT molecular complexity index is 1000. The van der Waals surface area contributed by atoms with Gasteiger partial charge in [-0.05, 0) is 47.5 Å². The first-order valence-electron chi connectivity index (χ1n) is 7.91. The molecule has 3 aromatic heterocycles. The Morgan fingerprint density at radius 2 is 1.80 bits per heavy atom. The number of fused-ring (bicyclic) bond motifs is 1. The lowest BCUT2D eigenvalue weighted by Crippen LogP contribution is -1.90. The second-order valence-electron chi connectivity index (χ2n) is 5.53. The molecule has 1 N–H and O–H groups in total. The number of methoxy groups -OCH3 is 1. The number of benzene rings is 1. The fourth-order valence-electron chi connectivity index (χ4n) is 2.65. The Morgan fingerprint density at radius 3 is 2.60 bits per heavy atom. The Kier molecular flexibility index (Phi) is 3.96. The average molecular weight is 328 g/mol. The van der Waals surface area contributed by atoms with Crippen molar-refractivity contribution in [3.8, 4) is 17.1 Å². The van der Waals surface area contributed by atoms with Crippen molar-refractivity contribution in [3.05, 3.63) is 72.2 Å². The maximum atomic E-state index is 5.50. The second kappa shape index (κ2) is 6.57. The smallest absolute Gasteiger partial charge is 0.178 e. The van der Waals surface area contributed by atoms with Crippen LogP contribution in [0.1, 0.15) is 11.1 Å². The van der Waals surface area contributed by atoms with Gasteiger partial charge >= 0.3 is 0 Å². The van der Waals surface area contributed by atoms with Crippen LogP contribution in [0, 0.1) is 0 Å². The van der Waals surface area contributed by atoms with Gasteiger partial charge < -0.3 is 9.72 Å². The molecule has 0 radical (unpaired) electrons. The lowest BCUT2D eigenvalue weighted by atomic mass is 10.1. The van der Waals surface area contributed by atoms with Gasteiger partial charge in [0.1, 0.15) is 11.6 Å². The van der Waals surface area contributed by atoms with Crippen molar-refractivity contribution in [2.45, 2.75) is 0 Å². The van der Waals surface area contributed by atoms with E-state index in [0.29, 0.717) is 5.65 Å². The number of hydrogen-bond donors (Lipinski definition) is 1. The highest BCUT2D eigenvalue weighted by molar-refractivity contribution is 5.79. The summed E-state index contributed by atoms with van der Waals surface area (Å²) in [5.74, 6) is 1.50. The van der Waals surface area contributed by atoms with E-state index in [1.165, 1.54) is 0 Å². The zero-order valence-electron chi connectivity index (χ0n) is 13.7. The minimum atomic E-state index is 0.692. The standard InChI is InChI=1S/C20H16N4O/c1-25-18-7-6-15(5-4-14-8-11-21-12-9-14)13-16(18)19-23-17-3-2-10-22-20(17)24-19/h2-13H,1H3,(H,22,23,24)/b5-4+. The molecular weight excluding hydrogens is 312 g/mol. The zero-order valence-corrected chi connectivity index (χ0v) is 13.7. The van der Waals surface area contributed by atoms with Crippen LogP contribution in [0.25, 0.3) is 34.7 Å². The van der Waals surface area contributed by atoms with Crippen LogP contribution in [-0.2, 0) is 0 Å². The van der Waals surface area contributed by atoms with Crippen LogP contribution in [0.15, 0.2) is 61.1 Å². The summed E-state index contributed by atoms with van der Waals surface area (Å²) < 4.78 is 5.50. The predicted octanol–water partition coefficient (Wildman–Crippen LogP) is 4.20. The number of nitrogens with one attached hydrogen (secondary N) is 1. The van der Waals surface area contributed by atoms with Crippen LogP contribution in [-0.4, -0.2) is 27.0 Å². The van der Waals surface area contributed by atoms with Crippen LogP contribution >= 0.6 is 0 Å². The van der Waals surface area contributed by atoms with Crippen molar-refractivity contribution >= 4 is 23.3 Å². The van der Waals surface area contributed by atoms with Gasteiger partial charge in [-0.3, -0.25) is 4.98 Å². The number of nitrogens with zero attached hydrogens (tertiary/aromatic N) is 3.